The Bertz CT molecular complexity index is 241. The number of para-hydroxylation sites is 1. The second kappa shape index (κ2) is 3.68. The second-order valence-corrected chi connectivity index (χ2v) is 2.30. The number of hydrogen-bond donors (Lipinski definition) is 0. The first-order valence-electron chi connectivity index (χ1n) is 3.36. The van der Waals surface area contributed by atoms with Crippen molar-refractivity contribution in [2.45, 2.75) is 6.42 Å². The van der Waals surface area contributed by atoms with Crippen LogP contribution in [-0.4, -0.2) is 0 Å². The SMILES string of the molecule is C1=COc2ccccc2C1.[Zn]. The van der Waals surface area contributed by atoms with Gasteiger partial charge in [-0.1, -0.05) is 18.2 Å². The van der Waals surface area contributed by atoms with Crippen molar-refractivity contribution >= 4 is 0 Å². The average Bonchev–Trinajstić information content (AvgIpc) is 2.05. The van der Waals surface area contributed by atoms with Crippen LogP contribution in [0.15, 0.2) is 36.6 Å². The average molecular weight is 198 g/mol. The molecule has 0 radical (unpaired) electrons. The van der Waals surface area contributed by atoms with Crippen LogP contribution in [0.3, 0.4) is 0 Å². The van der Waals surface area contributed by atoms with Gasteiger partial charge in [-0.3, -0.25) is 0 Å². The third-order valence-corrected chi connectivity index (χ3v) is 1.60. The van der Waals surface area contributed by atoms with E-state index in [9.17, 15) is 0 Å². The summed E-state index contributed by atoms with van der Waals surface area (Å²) < 4.78 is 5.24. The summed E-state index contributed by atoms with van der Waals surface area (Å²) >= 11 is 0. The minimum absolute atomic E-state index is 0. The van der Waals surface area contributed by atoms with Gasteiger partial charge in [-0.15, -0.1) is 0 Å². The molecule has 2 heteroatoms. The van der Waals surface area contributed by atoms with Crippen LogP contribution in [0.4, 0.5) is 0 Å². The summed E-state index contributed by atoms with van der Waals surface area (Å²) in [5.41, 5.74) is 1.27. The van der Waals surface area contributed by atoms with Crippen LogP contribution in [0.25, 0.3) is 0 Å². The molecule has 0 N–H and O–H groups in total. The number of allylic oxidation sites excluding steroid dienone is 1. The monoisotopic (exact) mass is 196 g/mol. The number of hydrogen-bond acceptors (Lipinski definition) is 1. The van der Waals surface area contributed by atoms with Gasteiger partial charge < -0.3 is 4.74 Å². The molecule has 0 spiro atoms. The van der Waals surface area contributed by atoms with Crippen molar-refractivity contribution in [2.75, 3.05) is 0 Å². The number of rotatable bonds is 0. The van der Waals surface area contributed by atoms with E-state index < -0.39 is 0 Å². The molecule has 1 aliphatic heterocycles. The van der Waals surface area contributed by atoms with E-state index in [1.165, 1.54) is 5.56 Å². The Morgan fingerprint density at radius 1 is 1.18 bits per heavy atom. The van der Waals surface area contributed by atoms with Crippen molar-refractivity contribution in [3.8, 4) is 5.75 Å². The van der Waals surface area contributed by atoms with Gasteiger partial charge in [0.2, 0.25) is 0 Å². The third-order valence-electron chi connectivity index (χ3n) is 1.60. The van der Waals surface area contributed by atoms with Gasteiger partial charge in [0.15, 0.2) is 0 Å². The normalized spacial score (nSPS) is 12.7. The Kier molecular flexibility index (Phi) is 2.84. The minimum atomic E-state index is 0. The van der Waals surface area contributed by atoms with Gasteiger partial charge in [0.1, 0.15) is 5.75 Å². The van der Waals surface area contributed by atoms with Crippen LogP contribution >= 0.6 is 0 Å². The van der Waals surface area contributed by atoms with Crippen molar-refractivity contribution in [3.05, 3.63) is 42.2 Å². The molecule has 52 valence electrons. The zero-order chi connectivity index (χ0) is 6.81. The van der Waals surface area contributed by atoms with Crippen LogP contribution in [0.1, 0.15) is 5.56 Å². The van der Waals surface area contributed by atoms with Crippen molar-refractivity contribution < 1.29 is 24.2 Å². The number of ether oxygens (including phenoxy) is 1. The summed E-state index contributed by atoms with van der Waals surface area (Å²) in [6.45, 7) is 0. The molecule has 1 nitrogen and oxygen atoms in total. The molecule has 1 aliphatic rings. The maximum absolute atomic E-state index is 5.24. The predicted molar refractivity (Wildman–Crippen MR) is 39.9 cm³/mol. The van der Waals surface area contributed by atoms with Gasteiger partial charge in [0.25, 0.3) is 0 Å². The molecular formula is C9H8OZn. The summed E-state index contributed by atoms with van der Waals surface area (Å²) in [5.74, 6) is 0.991. The van der Waals surface area contributed by atoms with Crippen LogP contribution in [0, 0.1) is 0 Å². The topological polar surface area (TPSA) is 9.23 Å². The van der Waals surface area contributed by atoms with E-state index in [-0.39, 0.29) is 19.5 Å². The summed E-state index contributed by atoms with van der Waals surface area (Å²) in [7, 11) is 0. The molecule has 1 aromatic carbocycles. The first-order valence-corrected chi connectivity index (χ1v) is 3.36. The van der Waals surface area contributed by atoms with Crippen LogP contribution < -0.4 is 4.74 Å². The largest absolute Gasteiger partial charge is 0.465 e. The Hall–Kier alpha value is -0.617. The molecule has 0 amide bonds. The molecule has 1 aromatic rings. The van der Waals surface area contributed by atoms with E-state index in [1.807, 2.05) is 24.3 Å². The van der Waals surface area contributed by atoms with Crippen molar-refractivity contribution in [1.82, 2.24) is 0 Å². The van der Waals surface area contributed by atoms with Crippen LogP contribution in [0.5, 0.6) is 5.75 Å². The summed E-state index contributed by atoms with van der Waals surface area (Å²) in [5, 5.41) is 0. The fourth-order valence-electron chi connectivity index (χ4n) is 1.08. The fraction of sp³-hybridized carbons (Fsp3) is 0.111. The molecule has 0 aromatic heterocycles. The van der Waals surface area contributed by atoms with Gasteiger partial charge in [0.05, 0.1) is 6.26 Å². The fourth-order valence-corrected chi connectivity index (χ4v) is 1.08. The molecule has 1 heterocycles. The van der Waals surface area contributed by atoms with Crippen molar-refractivity contribution in [1.29, 1.82) is 0 Å². The van der Waals surface area contributed by atoms with E-state index in [1.54, 1.807) is 6.26 Å². The molecule has 0 saturated heterocycles. The Morgan fingerprint density at radius 2 is 2.00 bits per heavy atom. The summed E-state index contributed by atoms with van der Waals surface area (Å²) in [6, 6.07) is 8.08. The molecule has 0 fully saturated rings. The first-order chi connectivity index (χ1) is 4.97. The van der Waals surface area contributed by atoms with Gasteiger partial charge in [0, 0.05) is 19.5 Å². The number of benzene rings is 1. The van der Waals surface area contributed by atoms with E-state index in [0.29, 0.717) is 0 Å². The molecular weight excluding hydrogens is 189 g/mol. The Morgan fingerprint density at radius 3 is 2.82 bits per heavy atom. The number of fused-ring (bicyclic) bond motifs is 1. The Balaban J connectivity index is 0.000000605. The quantitative estimate of drug-likeness (QED) is 0.579. The third kappa shape index (κ3) is 1.69. The molecule has 0 unspecified atom stereocenters. The maximum atomic E-state index is 5.24. The second-order valence-electron chi connectivity index (χ2n) is 2.30. The van der Waals surface area contributed by atoms with E-state index >= 15 is 0 Å². The van der Waals surface area contributed by atoms with E-state index in [2.05, 4.69) is 6.07 Å². The van der Waals surface area contributed by atoms with Gasteiger partial charge in [-0.05, 0) is 24.1 Å². The maximum Gasteiger partial charge on any atom is 0.130 e. The smallest absolute Gasteiger partial charge is 0.130 e. The van der Waals surface area contributed by atoms with Gasteiger partial charge in [-0.25, -0.2) is 0 Å². The predicted octanol–water partition coefficient (Wildman–Crippen LogP) is 2.13. The van der Waals surface area contributed by atoms with Crippen LogP contribution in [0.2, 0.25) is 0 Å². The van der Waals surface area contributed by atoms with Crippen molar-refractivity contribution in [2.24, 2.45) is 0 Å². The molecule has 0 atom stereocenters. The molecule has 0 bridgehead atoms. The Labute approximate surface area is 78.8 Å². The molecule has 0 aliphatic carbocycles. The molecule has 0 saturated carbocycles. The zero-order valence-corrected chi connectivity index (χ0v) is 9.25. The molecule has 11 heavy (non-hydrogen) atoms. The van der Waals surface area contributed by atoms with E-state index in [4.69, 9.17) is 4.74 Å². The zero-order valence-electron chi connectivity index (χ0n) is 6.29. The summed E-state index contributed by atoms with van der Waals surface area (Å²) in [4.78, 5) is 0. The van der Waals surface area contributed by atoms with Crippen LogP contribution in [-0.2, 0) is 25.9 Å². The van der Waals surface area contributed by atoms with Crippen molar-refractivity contribution in [3.63, 3.8) is 0 Å². The first kappa shape index (κ1) is 8.48. The van der Waals surface area contributed by atoms with E-state index in [0.717, 1.165) is 12.2 Å². The van der Waals surface area contributed by atoms with Gasteiger partial charge in [-0.2, -0.15) is 0 Å². The summed E-state index contributed by atoms with van der Waals surface area (Å²) in [6.07, 6.45) is 4.75. The van der Waals surface area contributed by atoms with Gasteiger partial charge >= 0.3 is 0 Å². The standard InChI is InChI=1S/C9H8O.Zn/c1-2-6-9-8(4-1)5-3-7-10-9;/h1-4,6-7H,5H2;. The molecule has 2 rings (SSSR count). The minimum Gasteiger partial charge on any atom is -0.465 e.